The van der Waals surface area contributed by atoms with E-state index in [0.29, 0.717) is 13.1 Å². The van der Waals surface area contributed by atoms with Gasteiger partial charge in [0.25, 0.3) is 0 Å². The molecule has 1 N–H and O–H groups in total. The van der Waals surface area contributed by atoms with Gasteiger partial charge in [0.15, 0.2) is 0 Å². The fourth-order valence-corrected chi connectivity index (χ4v) is 3.35. The normalized spacial score (nSPS) is 14.4. The van der Waals surface area contributed by atoms with Crippen LogP contribution in [0.5, 0.6) is 5.75 Å². The van der Waals surface area contributed by atoms with Gasteiger partial charge in [-0.3, -0.25) is 0 Å². The summed E-state index contributed by atoms with van der Waals surface area (Å²) in [4.78, 5) is 16.5. The molecule has 0 saturated carbocycles. The average molecular weight is 437 g/mol. The molecule has 1 aliphatic heterocycles. The first-order valence-corrected chi connectivity index (χ1v) is 8.95. The van der Waals surface area contributed by atoms with Crippen molar-refractivity contribution in [2.24, 2.45) is 0 Å². The third kappa shape index (κ3) is 3.92. The number of methoxy groups -OCH3 is 1. The van der Waals surface area contributed by atoms with Crippen LogP contribution in [0.4, 0.5) is 16.2 Å². The summed E-state index contributed by atoms with van der Waals surface area (Å²) >= 11 is 2.24. The van der Waals surface area contributed by atoms with Gasteiger partial charge >= 0.3 is 6.03 Å². The molecule has 0 spiro atoms. The number of hydrogen-bond acceptors (Lipinski definition) is 3. The molecule has 0 atom stereocenters. The van der Waals surface area contributed by atoms with Gasteiger partial charge in [0.05, 0.1) is 12.8 Å². The van der Waals surface area contributed by atoms with E-state index in [4.69, 9.17) is 4.74 Å². The maximum Gasteiger partial charge on any atom is 0.321 e. The molecule has 0 unspecified atom stereocenters. The standard InChI is InChI=1S/C18H20IN3O2/c1-24-17-8-3-2-7-16(17)21-9-11-22(12-10-21)18(23)20-15-6-4-5-14(19)13-15/h2-8,13H,9-12H2,1H3,(H,20,23). The highest BCUT2D eigenvalue weighted by molar-refractivity contribution is 14.1. The molecule has 0 aliphatic carbocycles. The van der Waals surface area contributed by atoms with Gasteiger partial charge < -0.3 is 19.9 Å². The molecule has 1 heterocycles. The van der Waals surface area contributed by atoms with E-state index in [2.05, 4.69) is 38.9 Å². The van der Waals surface area contributed by atoms with Crippen molar-refractivity contribution in [1.29, 1.82) is 0 Å². The van der Waals surface area contributed by atoms with E-state index < -0.39 is 0 Å². The number of carbonyl (C=O) groups excluding carboxylic acids is 1. The van der Waals surface area contributed by atoms with Gasteiger partial charge in [-0.1, -0.05) is 18.2 Å². The molecule has 0 radical (unpaired) electrons. The number of amides is 2. The Kier molecular flexibility index (Phi) is 5.44. The number of carbonyl (C=O) groups is 1. The minimum atomic E-state index is -0.0447. The summed E-state index contributed by atoms with van der Waals surface area (Å²) in [5.74, 6) is 0.870. The second kappa shape index (κ2) is 7.74. The molecule has 5 nitrogen and oxygen atoms in total. The lowest BCUT2D eigenvalue weighted by Gasteiger charge is -2.36. The van der Waals surface area contributed by atoms with Crippen molar-refractivity contribution in [1.82, 2.24) is 4.90 Å². The third-order valence-electron chi connectivity index (χ3n) is 4.07. The van der Waals surface area contributed by atoms with Gasteiger partial charge in [0, 0.05) is 35.4 Å². The number of halogens is 1. The molecule has 24 heavy (non-hydrogen) atoms. The minimum absolute atomic E-state index is 0.0447. The van der Waals surface area contributed by atoms with Crippen LogP contribution in [0.15, 0.2) is 48.5 Å². The molecule has 2 aromatic rings. The molecule has 126 valence electrons. The number of urea groups is 1. The van der Waals surface area contributed by atoms with Crippen molar-refractivity contribution in [3.8, 4) is 5.75 Å². The monoisotopic (exact) mass is 437 g/mol. The van der Waals surface area contributed by atoms with Gasteiger partial charge in [-0.25, -0.2) is 4.79 Å². The molecule has 3 rings (SSSR count). The van der Waals surface area contributed by atoms with E-state index in [1.54, 1.807) is 7.11 Å². The Morgan fingerprint density at radius 2 is 1.83 bits per heavy atom. The van der Waals surface area contributed by atoms with E-state index in [-0.39, 0.29) is 6.03 Å². The summed E-state index contributed by atoms with van der Waals surface area (Å²) in [5, 5.41) is 2.97. The topological polar surface area (TPSA) is 44.8 Å². The lowest BCUT2D eigenvalue weighted by molar-refractivity contribution is 0.208. The number of nitrogens with one attached hydrogen (secondary N) is 1. The van der Waals surface area contributed by atoms with E-state index in [1.165, 1.54) is 0 Å². The molecule has 0 aromatic heterocycles. The molecule has 1 aliphatic rings. The van der Waals surface area contributed by atoms with Crippen molar-refractivity contribution in [3.63, 3.8) is 0 Å². The highest BCUT2D eigenvalue weighted by Gasteiger charge is 2.22. The highest BCUT2D eigenvalue weighted by Crippen LogP contribution is 2.28. The maximum absolute atomic E-state index is 12.4. The lowest BCUT2D eigenvalue weighted by Crippen LogP contribution is -2.50. The number of rotatable bonds is 3. The summed E-state index contributed by atoms with van der Waals surface area (Å²) in [6, 6.07) is 15.8. The number of ether oxygens (including phenoxy) is 1. The van der Waals surface area contributed by atoms with Crippen molar-refractivity contribution in [2.45, 2.75) is 0 Å². The van der Waals surface area contributed by atoms with E-state index in [9.17, 15) is 4.79 Å². The largest absolute Gasteiger partial charge is 0.495 e. The van der Waals surface area contributed by atoms with Crippen LogP contribution in [0, 0.1) is 3.57 Å². The predicted octanol–water partition coefficient (Wildman–Crippen LogP) is 3.65. The molecular weight excluding hydrogens is 417 g/mol. The van der Waals surface area contributed by atoms with Crippen molar-refractivity contribution < 1.29 is 9.53 Å². The highest BCUT2D eigenvalue weighted by atomic mass is 127. The summed E-state index contributed by atoms with van der Waals surface area (Å²) in [5.41, 5.74) is 1.91. The smallest absolute Gasteiger partial charge is 0.321 e. The van der Waals surface area contributed by atoms with Crippen LogP contribution in [0.25, 0.3) is 0 Å². The fourth-order valence-electron chi connectivity index (χ4n) is 2.81. The average Bonchev–Trinajstić information content (AvgIpc) is 2.62. The number of piperazine rings is 1. The number of para-hydroxylation sites is 2. The van der Waals surface area contributed by atoms with E-state index in [0.717, 1.165) is 33.8 Å². The van der Waals surface area contributed by atoms with E-state index >= 15 is 0 Å². The van der Waals surface area contributed by atoms with Crippen LogP contribution >= 0.6 is 22.6 Å². The Hall–Kier alpha value is -1.96. The number of hydrogen-bond donors (Lipinski definition) is 1. The van der Waals surface area contributed by atoms with Gasteiger partial charge in [0.2, 0.25) is 0 Å². The molecule has 1 fully saturated rings. The van der Waals surface area contributed by atoms with E-state index in [1.807, 2.05) is 47.4 Å². The summed E-state index contributed by atoms with van der Waals surface area (Å²) in [7, 11) is 1.68. The molecule has 6 heteroatoms. The SMILES string of the molecule is COc1ccccc1N1CCN(C(=O)Nc2cccc(I)c2)CC1. The predicted molar refractivity (Wildman–Crippen MR) is 105 cm³/mol. The molecule has 2 amide bonds. The number of nitrogens with zero attached hydrogens (tertiary/aromatic N) is 2. The minimum Gasteiger partial charge on any atom is -0.495 e. The first kappa shape index (κ1) is 16.9. The van der Waals surface area contributed by atoms with Gasteiger partial charge in [-0.15, -0.1) is 0 Å². The lowest BCUT2D eigenvalue weighted by atomic mass is 10.2. The first-order chi connectivity index (χ1) is 11.7. The molecule has 2 aromatic carbocycles. The summed E-state index contributed by atoms with van der Waals surface area (Å²) in [6.45, 7) is 2.96. The Morgan fingerprint density at radius 3 is 2.54 bits per heavy atom. The van der Waals surface area contributed by atoms with Gasteiger partial charge in [0.1, 0.15) is 5.75 Å². The van der Waals surface area contributed by atoms with Crippen molar-refractivity contribution >= 4 is 40.0 Å². The zero-order chi connectivity index (χ0) is 16.9. The second-order valence-electron chi connectivity index (χ2n) is 5.59. The number of anilines is 2. The Morgan fingerprint density at radius 1 is 1.08 bits per heavy atom. The Balaban J connectivity index is 1.59. The fraction of sp³-hybridized carbons (Fsp3) is 0.278. The second-order valence-corrected chi connectivity index (χ2v) is 6.83. The maximum atomic E-state index is 12.4. The van der Waals surface area contributed by atoms with Crippen LogP contribution in [0.1, 0.15) is 0 Å². The quantitative estimate of drug-likeness (QED) is 0.746. The third-order valence-corrected chi connectivity index (χ3v) is 4.74. The summed E-state index contributed by atoms with van der Waals surface area (Å²) < 4.78 is 6.53. The number of benzene rings is 2. The zero-order valence-electron chi connectivity index (χ0n) is 13.5. The summed E-state index contributed by atoms with van der Waals surface area (Å²) in [6.07, 6.45) is 0. The van der Waals surface area contributed by atoms with Crippen LogP contribution in [0.2, 0.25) is 0 Å². The molecular formula is C18H20IN3O2. The van der Waals surface area contributed by atoms with Crippen molar-refractivity contribution in [2.75, 3.05) is 43.5 Å². The van der Waals surface area contributed by atoms with Gasteiger partial charge in [-0.2, -0.15) is 0 Å². The zero-order valence-corrected chi connectivity index (χ0v) is 15.7. The first-order valence-electron chi connectivity index (χ1n) is 7.87. The van der Waals surface area contributed by atoms with Crippen LogP contribution in [-0.4, -0.2) is 44.2 Å². The van der Waals surface area contributed by atoms with Crippen LogP contribution < -0.4 is 15.0 Å². The molecule has 0 bridgehead atoms. The van der Waals surface area contributed by atoms with Crippen molar-refractivity contribution in [3.05, 3.63) is 52.1 Å². The van der Waals surface area contributed by atoms with Gasteiger partial charge in [-0.05, 0) is 52.9 Å². The van der Waals surface area contributed by atoms with Crippen LogP contribution in [0.3, 0.4) is 0 Å². The molecule has 1 saturated heterocycles. The Labute approximate surface area is 155 Å². The Bertz CT molecular complexity index is 715. The van der Waals surface area contributed by atoms with Crippen LogP contribution in [-0.2, 0) is 0 Å².